The number of amides is 1. The first-order valence-electron chi connectivity index (χ1n) is 9.05. The molecule has 4 heteroatoms. The van der Waals surface area contributed by atoms with Crippen molar-refractivity contribution in [3.8, 4) is 16.9 Å². The number of aromatic amines is 1. The summed E-state index contributed by atoms with van der Waals surface area (Å²) in [6.07, 6.45) is 4.52. The van der Waals surface area contributed by atoms with Crippen LogP contribution in [-0.4, -0.2) is 29.4 Å². The summed E-state index contributed by atoms with van der Waals surface area (Å²) in [7, 11) is 1.71. The monoisotopic (exact) mass is 344 g/mol. The third-order valence-corrected chi connectivity index (χ3v) is 5.45. The van der Waals surface area contributed by atoms with Crippen LogP contribution in [0.4, 0.5) is 0 Å². The van der Waals surface area contributed by atoms with E-state index in [0.717, 1.165) is 53.2 Å². The molecule has 1 aromatic heterocycles. The van der Waals surface area contributed by atoms with Crippen molar-refractivity contribution in [2.45, 2.75) is 19.3 Å². The Balaban J connectivity index is 1.67. The van der Waals surface area contributed by atoms with E-state index < -0.39 is 0 Å². The van der Waals surface area contributed by atoms with Gasteiger partial charge in [0.1, 0.15) is 5.75 Å². The van der Waals surface area contributed by atoms with E-state index in [4.69, 9.17) is 4.74 Å². The van der Waals surface area contributed by atoms with Crippen LogP contribution in [0.1, 0.15) is 24.1 Å². The van der Waals surface area contributed by atoms with Gasteiger partial charge >= 0.3 is 0 Å². The van der Waals surface area contributed by atoms with Crippen LogP contribution < -0.4 is 4.74 Å². The molecule has 1 amide bonds. The molecule has 0 atom stereocenters. The predicted octanol–water partition coefficient (Wildman–Crippen LogP) is 4.36. The zero-order chi connectivity index (χ0) is 17.7. The number of hydrogen-bond donors (Lipinski definition) is 1. The first-order valence-corrected chi connectivity index (χ1v) is 9.05. The van der Waals surface area contributed by atoms with Crippen LogP contribution in [0.25, 0.3) is 27.7 Å². The highest BCUT2D eigenvalue weighted by Crippen LogP contribution is 2.38. The Hall–Kier alpha value is -3.01. The second kappa shape index (κ2) is 5.77. The number of fused-ring (bicyclic) bond motifs is 5. The number of allylic oxidation sites excluding steroid dienone is 1. The van der Waals surface area contributed by atoms with Gasteiger partial charge in [-0.2, -0.15) is 0 Å². The minimum absolute atomic E-state index is 0.238. The lowest BCUT2D eigenvalue weighted by Gasteiger charge is -2.32. The molecule has 0 fully saturated rings. The van der Waals surface area contributed by atoms with Gasteiger partial charge in [-0.15, -0.1) is 0 Å². The van der Waals surface area contributed by atoms with Gasteiger partial charge in [0.25, 0.3) is 0 Å². The second-order valence-corrected chi connectivity index (χ2v) is 6.86. The van der Waals surface area contributed by atoms with E-state index in [-0.39, 0.29) is 5.91 Å². The van der Waals surface area contributed by atoms with Crippen LogP contribution in [-0.2, 0) is 11.2 Å². The number of rotatable bonds is 2. The van der Waals surface area contributed by atoms with Gasteiger partial charge in [-0.3, -0.25) is 4.79 Å². The fourth-order valence-corrected chi connectivity index (χ4v) is 4.19. The van der Waals surface area contributed by atoms with Gasteiger partial charge in [-0.25, -0.2) is 0 Å². The lowest BCUT2D eigenvalue weighted by Crippen LogP contribution is -2.36. The molecule has 0 saturated carbocycles. The van der Waals surface area contributed by atoms with Crippen molar-refractivity contribution in [2.75, 3.05) is 13.7 Å². The maximum absolute atomic E-state index is 12.2. The van der Waals surface area contributed by atoms with Gasteiger partial charge in [-0.05, 0) is 42.2 Å². The molecule has 2 aromatic carbocycles. The van der Waals surface area contributed by atoms with Crippen LogP contribution >= 0.6 is 0 Å². The van der Waals surface area contributed by atoms with Gasteiger partial charge in [0.2, 0.25) is 5.91 Å². The van der Waals surface area contributed by atoms with Crippen molar-refractivity contribution in [2.24, 2.45) is 0 Å². The molecule has 0 radical (unpaired) electrons. The van der Waals surface area contributed by atoms with Crippen LogP contribution in [0.15, 0.2) is 48.5 Å². The number of carbonyl (C=O) groups is 1. The fraction of sp³-hybridized carbons (Fsp3) is 0.227. The zero-order valence-electron chi connectivity index (χ0n) is 14.7. The van der Waals surface area contributed by atoms with Crippen molar-refractivity contribution in [1.82, 2.24) is 9.88 Å². The molecule has 0 unspecified atom stereocenters. The van der Waals surface area contributed by atoms with Gasteiger partial charge in [0.05, 0.1) is 18.5 Å². The molecule has 26 heavy (non-hydrogen) atoms. The molecular formula is C22H20N2O2. The number of methoxy groups -OCH3 is 1. The van der Waals surface area contributed by atoms with E-state index in [1.807, 2.05) is 23.1 Å². The molecule has 4 nitrogen and oxygen atoms in total. The first-order chi connectivity index (χ1) is 12.8. The Kier molecular flexibility index (Phi) is 3.38. The van der Waals surface area contributed by atoms with E-state index in [1.54, 1.807) is 7.11 Å². The minimum atomic E-state index is 0.238. The molecule has 1 N–H and O–H groups in total. The Labute approximate surface area is 152 Å². The summed E-state index contributed by atoms with van der Waals surface area (Å²) in [5, 5.41) is 1.24. The second-order valence-electron chi connectivity index (χ2n) is 6.86. The number of H-pyrrole nitrogens is 1. The molecule has 3 heterocycles. The van der Waals surface area contributed by atoms with Crippen molar-refractivity contribution in [3.05, 3.63) is 59.8 Å². The predicted molar refractivity (Wildman–Crippen MR) is 103 cm³/mol. The third kappa shape index (κ3) is 2.18. The molecule has 5 rings (SSSR count). The number of aromatic nitrogens is 1. The van der Waals surface area contributed by atoms with E-state index in [0.29, 0.717) is 6.42 Å². The Morgan fingerprint density at radius 2 is 2.00 bits per heavy atom. The summed E-state index contributed by atoms with van der Waals surface area (Å²) >= 11 is 0. The highest BCUT2D eigenvalue weighted by atomic mass is 16.5. The molecule has 0 aliphatic carbocycles. The number of benzene rings is 2. The van der Waals surface area contributed by atoms with Crippen LogP contribution in [0, 0.1) is 0 Å². The van der Waals surface area contributed by atoms with E-state index in [9.17, 15) is 4.79 Å². The maximum atomic E-state index is 12.2. The van der Waals surface area contributed by atoms with Crippen molar-refractivity contribution in [3.63, 3.8) is 0 Å². The minimum Gasteiger partial charge on any atom is -0.496 e. The largest absolute Gasteiger partial charge is 0.496 e. The van der Waals surface area contributed by atoms with Gasteiger partial charge in [0, 0.05) is 29.4 Å². The van der Waals surface area contributed by atoms with E-state index >= 15 is 0 Å². The highest BCUT2D eigenvalue weighted by Gasteiger charge is 2.30. The number of hydrogen-bond acceptors (Lipinski definition) is 2. The lowest BCUT2D eigenvalue weighted by atomic mass is 9.95. The average molecular weight is 344 g/mol. The molecule has 0 saturated heterocycles. The van der Waals surface area contributed by atoms with Crippen LogP contribution in [0.5, 0.6) is 5.75 Å². The van der Waals surface area contributed by atoms with Crippen molar-refractivity contribution < 1.29 is 9.53 Å². The van der Waals surface area contributed by atoms with Crippen molar-refractivity contribution in [1.29, 1.82) is 0 Å². The topological polar surface area (TPSA) is 45.3 Å². The Morgan fingerprint density at radius 3 is 2.88 bits per heavy atom. The average Bonchev–Trinajstić information content (AvgIpc) is 3.06. The van der Waals surface area contributed by atoms with Crippen molar-refractivity contribution >= 4 is 22.5 Å². The summed E-state index contributed by atoms with van der Waals surface area (Å²) in [6, 6.07) is 14.6. The van der Waals surface area contributed by atoms with Crippen LogP contribution in [0.3, 0.4) is 0 Å². The smallest absolute Gasteiger partial charge is 0.227 e. The van der Waals surface area contributed by atoms with E-state index in [2.05, 4.69) is 35.3 Å². The summed E-state index contributed by atoms with van der Waals surface area (Å²) < 4.78 is 5.53. The number of carbonyl (C=O) groups excluding carboxylic acids is 1. The molecule has 3 aromatic rings. The van der Waals surface area contributed by atoms with Gasteiger partial charge < -0.3 is 14.6 Å². The van der Waals surface area contributed by atoms with E-state index in [1.165, 1.54) is 10.9 Å². The zero-order valence-corrected chi connectivity index (χ0v) is 14.7. The molecule has 2 aliphatic heterocycles. The summed E-state index contributed by atoms with van der Waals surface area (Å²) in [4.78, 5) is 17.7. The number of nitrogens with one attached hydrogen (secondary N) is 1. The molecule has 0 spiro atoms. The number of nitrogens with zero attached hydrogens (tertiary/aromatic N) is 1. The number of para-hydroxylation sites is 1. The maximum Gasteiger partial charge on any atom is 0.227 e. The molecule has 130 valence electrons. The van der Waals surface area contributed by atoms with Gasteiger partial charge in [0.15, 0.2) is 0 Å². The first kappa shape index (κ1) is 15.3. The highest BCUT2D eigenvalue weighted by molar-refractivity contribution is 5.97. The quantitative estimate of drug-likeness (QED) is 0.750. The fourth-order valence-electron chi connectivity index (χ4n) is 4.19. The summed E-state index contributed by atoms with van der Waals surface area (Å²) in [6.45, 7) is 0.767. The Bertz CT molecular complexity index is 1060. The normalized spacial score (nSPS) is 16.3. The standard InChI is InChI=1S/C22H20N2O2/c1-26-20-7-3-2-5-15(20)14-9-10-18-17(13-14)16-11-12-24-19(22(16)23-18)6-4-8-21(24)25/h2-3,5-7,9-10,13,23H,4,8,11-12H2,1H3. The SMILES string of the molecule is COc1ccccc1-c1ccc2[nH]c3c(c2c1)CCN1C(=O)CCC=C31. The molecular weight excluding hydrogens is 324 g/mol. The Morgan fingerprint density at radius 1 is 1.12 bits per heavy atom. The van der Waals surface area contributed by atoms with Crippen LogP contribution in [0.2, 0.25) is 0 Å². The van der Waals surface area contributed by atoms with Gasteiger partial charge in [-0.1, -0.05) is 30.3 Å². The summed E-state index contributed by atoms with van der Waals surface area (Å²) in [5.74, 6) is 1.12. The molecule has 0 bridgehead atoms. The molecule has 2 aliphatic rings. The third-order valence-electron chi connectivity index (χ3n) is 5.45. The summed E-state index contributed by atoms with van der Waals surface area (Å²) in [5.41, 5.74) is 6.83. The lowest BCUT2D eigenvalue weighted by molar-refractivity contribution is -0.128. The number of ether oxygens (including phenoxy) is 1.